The van der Waals surface area contributed by atoms with Crippen molar-refractivity contribution in [3.8, 4) is 17.2 Å². The molecule has 132 valence electrons. The molecule has 1 atom stereocenters. The van der Waals surface area contributed by atoms with Gasteiger partial charge in [-0.1, -0.05) is 38.1 Å². The summed E-state index contributed by atoms with van der Waals surface area (Å²) in [4.78, 5) is 17.2. The highest BCUT2D eigenvalue weighted by molar-refractivity contribution is 7.13. The van der Waals surface area contributed by atoms with Crippen LogP contribution in [-0.2, 0) is 4.79 Å². The number of fused-ring (bicyclic) bond motifs is 2. The number of thiazole rings is 1. The maximum atomic E-state index is 13.1. The molecule has 0 saturated carbocycles. The summed E-state index contributed by atoms with van der Waals surface area (Å²) in [6.45, 7) is 3.83. The molecule has 1 aromatic heterocycles. The number of aromatic nitrogens is 1. The van der Waals surface area contributed by atoms with Crippen molar-refractivity contribution in [1.82, 2.24) is 4.98 Å². The maximum Gasteiger partial charge on any atom is 0.232 e. The van der Waals surface area contributed by atoms with Crippen LogP contribution in [0.2, 0.25) is 0 Å². The Kier molecular flexibility index (Phi) is 3.92. The molecule has 2 heterocycles. The molecule has 26 heavy (non-hydrogen) atoms. The van der Waals surface area contributed by atoms with Gasteiger partial charge in [0.1, 0.15) is 17.2 Å². The zero-order valence-electron chi connectivity index (χ0n) is 14.4. The van der Waals surface area contributed by atoms with E-state index in [0.29, 0.717) is 16.6 Å². The third-order valence-electron chi connectivity index (χ3n) is 4.72. The number of carbonyl (C=O) groups is 1. The fourth-order valence-corrected chi connectivity index (χ4v) is 3.92. The van der Waals surface area contributed by atoms with Crippen molar-refractivity contribution in [3.63, 3.8) is 0 Å². The van der Waals surface area contributed by atoms with Crippen LogP contribution < -0.4 is 10.1 Å². The lowest BCUT2D eigenvalue weighted by atomic mass is 9.69. The number of rotatable bonds is 3. The molecule has 0 aliphatic carbocycles. The number of nitrogens with one attached hydrogen (secondary N) is 1. The average Bonchev–Trinajstić information content (AvgIpc) is 3.12. The first-order valence-corrected chi connectivity index (χ1v) is 9.15. The number of hydrogen-bond donors (Lipinski definition) is 2. The molecule has 0 unspecified atom stereocenters. The lowest BCUT2D eigenvalue weighted by Crippen LogP contribution is -2.38. The number of carbonyl (C=O) groups excluding carboxylic acids is 1. The molecule has 2 N–H and O–H groups in total. The highest BCUT2D eigenvalue weighted by Gasteiger charge is 2.43. The minimum absolute atomic E-state index is 0.117. The van der Waals surface area contributed by atoms with Crippen LogP contribution in [0.4, 0.5) is 5.13 Å². The summed E-state index contributed by atoms with van der Waals surface area (Å²) in [7, 11) is 0. The second-order valence-electron chi connectivity index (χ2n) is 6.81. The first-order chi connectivity index (χ1) is 12.5. The highest BCUT2D eigenvalue weighted by Crippen LogP contribution is 2.52. The van der Waals surface area contributed by atoms with E-state index in [0.717, 1.165) is 11.1 Å². The van der Waals surface area contributed by atoms with E-state index in [9.17, 15) is 9.90 Å². The van der Waals surface area contributed by atoms with Gasteiger partial charge >= 0.3 is 0 Å². The number of hydrogen-bond acceptors (Lipinski definition) is 5. The first kappa shape index (κ1) is 16.6. The number of ether oxygens (including phenoxy) is 1. The Balaban J connectivity index is 1.80. The Morgan fingerprint density at radius 3 is 2.73 bits per heavy atom. The lowest BCUT2D eigenvalue weighted by Gasteiger charge is -2.38. The summed E-state index contributed by atoms with van der Waals surface area (Å²) in [6.07, 6.45) is 1.66. The van der Waals surface area contributed by atoms with Crippen molar-refractivity contribution < 1.29 is 14.6 Å². The SMILES string of the molecule is CC(C)(C(=O)Nc1nccs1)[C@@H]1c2ccccc2Oc2cc(O)ccc21. The Morgan fingerprint density at radius 1 is 1.19 bits per heavy atom. The third kappa shape index (κ3) is 2.72. The van der Waals surface area contributed by atoms with Gasteiger partial charge < -0.3 is 15.2 Å². The Bertz CT molecular complexity index is 967. The van der Waals surface area contributed by atoms with Crippen molar-refractivity contribution in [3.05, 3.63) is 65.2 Å². The highest BCUT2D eigenvalue weighted by atomic mass is 32.1. The molecule has 0 bridgehead atoms. The lowest BCUT2D eigenvalue weighted by molar-refractivity contribution is -0.124. The average molecular weight is 366 g/mol. The van der Waals surface area contributed by atoms with Gasteiger partial charge in [-0.3, -0.25) is 4.79 Å². The minimum atomic E-state index is -0.767. The van der Waals surface area contributed by atoms with Gasteiger partial charge in [-0.25, -0.2) is 4.98 Å². The molecule has 0 fully saturated rings. The van der Waals surface area contributed by atoms with Gasteiger partial charge in [0.15, 0.2) is 5.13 Å². The molecule has 0 spiro atoms. The van der Waals surface area contributed by atoms with E-state index < -0.39 is 5.41 Å². The van der Waals surface area contributed by atoms with E-state index in [1.54, 1.807) is 18.3 Å². The van der Waals surface area contributed by atoms with E-state index in [2.05, 4.69) is 10.3 Å². The number of anilines is 1. The zero-order valence-corrected chi connectivity index (χ0v) is 15.2. The van der Waals surface area contributed by atoms with Crippen LogP contribution in [0.25, 0.3) is 0 Å². The molecule has 1 aliphatic heterocycles. The van der Waals surface area contributed by atoms with Crippen molar-refractivity contribution >= 4 is 22.4 Å². The van der Waals surface area contributed by atoms with Crippen LogP contribution in [0.5, 0.6) is 17.2 Å². The molecule has 5 nitrogen and oxygen atoms in total. The van der Waals surface area contributed by atoms with Crippen LogP contribution in [0, 0.1) is 5.41 Å². The fraction of sp³-hybridized carbons (Fsp3) is 0.200. The summed E-state index contributed by atoms with van der Waals surface area (Å²) >= 11 is 1.39. The quantitative estimate of drug-likeness (QED) is 0.702. The number of nitrogens with zero attached hydrogens (tertiary/aromatic N) is 1. The van der Waals surface area contributed by atoms with Crippen molar-refractivity contribution in [2.24, 2.45) is 5.41 Å². The number of para-hydroxylation sites is 1. The Labute approximate surface area is 155 Å². The van der Waals surface area contributed by atoms with Gasteiger partial charge in [0.25, 0.3) is 0 Å². The van der Waals surface area contributed by atoms with Crippen LogP contribution in [-0.4, -0.2) is 16.0 Å². The summed E-state index contributed by atoms with van der Waals surface area (Å²) < 4.78 is 5.97. The number of aromatic hydroxyl groups is 1. The predicted molar refractivity (Wildman–Crippen MR) is 101 cm³/mol. The van der Waals surface area contributed by atoms with Crippen molar-refractivity contribution in [2.45, 2.75) is 19.8 Å². The number of phenols is 1. The molecule has 0 saturated heterocycles. The molecular weight excluding hydrogens is 348 g/mol. The second-order valence-corrected chi connectivity index (χ2v) is 7.70. The monoisotopic (exact) mass is 366 g/mol. The fourth-order valence-electron chi connectivity index (χ4n) is 3.40. The van der Waals surface area contributed by atoms with Crippen LogP contribution >= 0.6 is 11.3 Å². The van der Waals surface area contributed by atoms with Crippen molar-refractivity contribution in [2.75, 3.05) is 5.32 Å². The molecule has 3 aromatic rings. The molecular formula is C20H18N2O3S. The second kappa shape index (κ2) is 6.14. The van der Waals surface area contributed by atoms with E-state index >= 15 is 0 Å². The van der Waals surface area contributed by atoms with E-state index in [-0.39, 0.29) is 17.6 Å². The van der Waals surface area contributed by atoms with Crippen LogP contribution in [0.1, 0.15) is 30.9 Å². The predicted octanol–water partition coefficient (Wildman–Crippen LogP) is 4.75. The molecule has 0 radical (unpaired) electrons. The van der Waals surface area contributed by atoms with E-state index in [1.807, 2.05) is 49.6 Å². The standard InChI is InChI=1S/C20H18N2O3S/c1-20(2,18(24)22-19-21-9-10-26-19)17-13-5-3-4-6-15(13)25-16-11-12(23)7-8-14(16)17/h3-11,17,23H,1-2H3,(H,21,22,24)/t17-/m1/s1. The smallest absolute Gasteiger partial charge is 0.232 e. The molecule has 1 amide bonds. The van der Waals surface area contributed by atoms with Gasteiger partial charge in [0, 0.05) is 34.7 Å². The number of benzene rings is 2. The zero-order chi connectivity index (χ0) is 18.3. The van der Waals surface area contributed by atoms with Crippen LogP contribution in [0.15, 0.2) is 54.0 Å². The van der Waals surface area contributed by atoms with Crippen molar-refractivity contribution in [1.29, 1.82) is 0 Å². The molecule has 6 heteroatoms. The molecule has 1 aliphatic rings. The number of amides is 1. The summed E-state index contributed by atoms with van der Waals surface area (Å²) in [5.41, 5.74) is 1.06. The molecule has 4 rings (SSSR count). The summed E-state index contributed by atoms with van der Waals surface area (Å²) in [5, 5.41) is 15.2. The van der Waals surface area contributed by atoms with Gasteiger partial charge in [-0.05, 0) is 12.1 Å². The van der Waals surface area contributed by atoms with Crippen LogP contribution in [0.3, 0.4) is 0 Å². The largest absolute Gasteiger partial charge is 0.508 e. The summed E-state index contributed by atoms with van der Waals surface area (Å²) in [6, 6.07) is 12.7. The van der Waals surface area contributed by atoms with Gasteiger partial charge in [0.2, 0.25) is 5.91 Å². The third-order valence-corrected chi connectivity index (χ3v) is 5.41. The maximum absolute atomic E-state index is 13.1. The first-order valence-electron chi connectivity index (χ1n) is 8.27. The topological polar surface area (TPSA) is 71.5 Å². The van der Waals surface area contributed by atoms with Gasteiger partial charge in [0.05, 0.1) is 5.41 Å². The Hall–Kier alpha value is -2.86. The number of phenolic OH excluding ortho intramolecular Hbond substituents is 1. The van der Waals surface area contributed by atoms with E-state index in [4.69, 9.17) is 4.74 Å². The Morgan fingerprint density at radius 2 is 1.96 bits per heavy atom. The minimum Gasteiger partial charge on any atom is -0.508 e. The normalized spacial score (nSPS) is 15.5. The summed E-state index contributed by atoms with van der Waals surface area (Å²) in [5.74, 6) is 1.07. The molecule has 2 aromatic carbocycles. The van der Waals surface area contributed by atoms with E-state index in [1.165, 1.54) is 11.3 Å². The van der Waals surface area contributed by atoms with Gasteiger partial charge in [-0.15, -0.1) is 11.3 Å². The van der Waals surface area contributed by atoms with Gasteiger partial charge in [-0.2, -0.15) is 0 Å².